The van der Waals surface area contributed by atoms with E-state index < -0.39 is 0 Å². The summed E-state index contributed by atoms with van der Waals surface area (Å²) in [7, 11) is 0. The zero-order valence-corrected chi connectivity index (χ0v) is 13.3. The summed E-state index contributed by atoms with van der Waals surface area (Å²) in [5, 5.41) is 3.08. The average molecular weight is 313 g/mol. The maximum absolute atomic E-state index is 12.3. The van der Waals surface area contributed by atoms with Crippen LogP contribution in [0.25, 0.3) is 0 Å². The fourth-order valence-electron chi connectivity index (χ4n) is 3.38. The highest BCUT2D eigenvalue weighted by Gasteiger charge is 2.57. The molecule has 1 atom stereocenters. The van der Waals surface area contributed by atoms with E-state index in [0.717, 1.165) is 44.6 Å². The van der Waals surface area contributed by atoms with Crippen LogP contribution >= 0.6 is 0 Å². The molecule has 1 aromatic rings. The van der Waals surface area contributed by atoms with Gasteiger partial charge in [-0.25, -0.2) is 0 Å². The van der Waals surface area contributed by atoms with Crippen LogP contribution in [-0.4, -0.2) is 32.3 Å². The molecular formula is C19H23NO3. The predicted molar refractivity (Wildman–Crippen MR) is 88.1 cm³/mol. The summed E-state index contributed by atoms with van der Waals surface area (Å²) in [6, 6.07) is 7.84. The molecule has 1 aliphatic heterocycles. The largest absolute Gasteiger partial charge is 0.481 e. The minimum atomic E-state index is 0.200. The number of hydrogen-bond acceptors (Lipinski definition) is 3. The Kier molecular flexibility index (Phi) is 4.88. The maximum atomic E-state index is 12.3. The van der Waals surface area contributed by atoms with E-state index in [2.05, 4.69) is 11.2 Å². The minimum Gasteiger partial charge on any atom is -0.481 e. The zero-order chi connectivity index (χ0) is 16.1. The van der Waals surface area contributed by atoms with Crippen molar-refractivity contribution in [1.29, 1.82) is 0 Å². The Hall–Kier alpha value is -1.99. The number of carbonyl (C=O) groups excluding carboxylic acids is 1. The van der Waals surface area contributed by atoms with E-state index in [1.807, 2.05) is 24.3 Å². The molecule has 1 heterocycles. The molecule has 23 heavy (non-hydrogen) atoms. The molecule has 1 saturated carbocycles. The van der Waals surface area contributed by atoms with Crippen molar-refractivity contribution in [3.8, 4) is 18.1 Å². The van der Waals surface area contributed by atoms with Gasteiger partial charge in [-0.2, -0.15) is 0 Å². The molecule has 1 aliphatic carbocycles. The van der Waals surface area contributed by atoms with Crippen LogP contribution in [0, 0.1) is 23.7 Å². The summed E-state index contributed by atoms with van der Waals surface area (Å²) in [6.07, 6.45) is 9.08. The summed E-state index contributed by atoms with van der Waals surface area (Å²) in [5.41, 5.74) is 1.42. The normalized spacial score (nSPS) is 21.4. The summed E-state index contributed by atoms with van der Waals surface area (Å²) in [6.45, 7) is 2.56. The first-order valence-corrected chi connectivity index (χ1v) is 8.24. The van der Waals surface area contributed by atoms with Gasteiger partial charge in [-0.15, -0.1) is 6.42 Å². The molecule has 1 saturated heterocycles. The van der Waals surface area contributed by atoms with Gasteiger partial charge in [0.15, 0.2) is 0 Å². The van der Waals surface area contributed by atoms with Crippen molar-refractivity contribution in [1.82, 2.24) is 5.32 Å². The summed E-state index contributed by atoms with van der Waals surface area (Å²) in [4.78, 5) is 12.3. The number of terminal acetylenes is 1. The Morgan fingerprint density at radius 1 is 1.35 bits per heavy atom. The number of nitrogens with one attached hydrogen (secondary N) is 1. The lowest BCUT2D eigenvalue weighted by Gasteiger charge is -2.22. The molecule has 1 aromatic carbocycles. The highest BCUT2D eigenvalue weighted by molar-refractivity contribution is 5.82. The van der Waals surface area contributed by atoms with Gasteiger partial charge in [-0.1, -0.05) is 18.1 Å². The van der Waals surface area contributed by atoms with Gasteiger partial charge in [0.05, 0.1) is 0 Å². The van der Waals surface area contributed by atoms with Crippen molar-refractivity contribution >= 4 is 5.91 Å². The molecule has 0 aromatic heterocycles. The molecule has 0 unspecified atom stereocenters. The molecule has 4 nitrogen and oxygen atoms in total. The van der Waals surface area contributed by atoms with Crippen molar-refractivity contribution in [2.45, 2.75) is 25.7 Å². The Bertz CT molecular complexity index is 582. The first-order chi connectivity index (χ1) is 11.2. The molecule has 0 radical (unpaired) electrons. The number of ether oxygens (including phenoxy) is 2. The van der Waals surface area contributed by atoms with E-state index in [0.29, 0.717) is 6.54 Å². The number of amides is 1. The van der Waals surface area contributed by atoms with Gasteiger partial charge < -0.3 is 14.8 Å². The SMILES string of the molecule is C#CCOc1ccc(CCNC(=O)[C@H]2CC23CCOCC3)cc1. The highest BCUT2D eigenvalue weighted by atomic mass is 16.5. The summed E-state index contributed by atoms with van der Waals surface area (Å²) >= 11 is 0. The van der Waals surface area contributed by atoms with Crippen molar-refractivity contribution < 1.29 is 14.3 Å². The Balaban J connectivity index is 1.39. The van der Waals surface area contributed by atoms with Crippen LogP contribution in [-0.2, 0) is 16.0 Å². The van der Waals surface area contributed by atoms with E-state index in [1.165, 1.54) is 5.56 Å². The van der Waals surface area contributed by atoms with Gasteiger partial charge >= 0.3 is 0 Å². The first-order valence-electron chi connectivity index (χ1n) is 8.24. The average Bonchev–Trinajstić information content (AvgIpc) is 3.28. The molecule has 1 amide bonds. The van der Waals surface area contributed by atoms with E-state index in [-0.39, 0.29) is 23.8 Å². The minimum absolute atomic E-state index is 0.200. The van der Waals surface area contributed by atoms with Crippen LogP contribution in [0.2, 0.25) is 0 Å². The highest BCUT2D eigenvalue weighted by Crippen LogP contribution is 2.59. The van der Waals surface area contributed by atoms with Crippen LogP contribution in [0.3, 0.4) is 0 Å². The summed E-state index contributed by atoms with van der Waals surface area (Å²) in [5.74, 6) is 3.62. The van der Waals surface area contributed by atoms with Gasteiger partial charge in [0, 0.05) is 25.7 Å². The van der Waals surface area contributed by atoms with E-state index in [9.17, 15) is 4.79 Å². The third kappa shape index (κ3) is 3.86. The molecule has 2 fully saturated rings. The zero-order valence-electron chi connectivity index (χ0n) is 13.3. The van der Waals surface area contributed by atoms with Crippen LogP contribution < -0.4 is 10.1 Å². The third-order valence-corrected chi connectivity index (χ3v) is 4.95. The second-order valence-electron chi connectivity index (χ2n) is 6.41. The van der Waals surface area contributed by atoms with Crippen LogP contribution in [0.4, 0.5) is 0 Å². The Labute approximate surface area is 137 Å². The number of hydrogen-bond donors (Lipinski definition) is 1. The fraction of sp³-hybridized carbons (Fsp3) is 0.526. The molecule has 122 valence electrons. The maximum Gasteiger partial charge on any atom is 0.223 e. The van der Waals surface area contributed by atoms with Crippen LogP contribution in [0.5, 0.6) is 5.75 Å². The van der Waals surface area contributed by atoms with Gasteiger partial charge in [0.2, 0.25) is 5.91 Å². The van der Waals surface area contributed by atoms with E-state index >= 15 is 0 Å². The Morgan fingerprint density at radius 3 is 2.78 bits per heavy atom. The molecule has 0 bridgehead atoms. The molecule has 1 spiro atoms. The monoisotopic (exact) mass is 313 g/mol. The second kappa shape index (κ2) is 7.06. The fourth-order valence-corrected chi connectivity index (χ4v) is 3.38. The number of carbonyl (C=O) groups is 1. The second-order valence-corrected chi connectivity index (χ2v) is 6.41. The lowest BCUT2D eigenvalue weighted by molar-refractivity contribution is -0.123. The molecule has 2 aliphatic rings. The topological polar surface area (TPSA) is 47.6 Å². The van der Waals surface area contributed by atoms with Gasteiger partial charge in [-0.3, -0.25) is 4.79 Å². The third-order valence-electron chi connectivity index (χ3n) is 4.95. The van der Waals surface area contributed by atoms with Crippen molar-refractivity contribution in [3.63, 3.8) is 0 Å². The van der Waals surface area contributed by atoms with Crippen molar-refractivity contribution in [3.05, 3.63) is 29.8 Å². The van der Waals surface area contributed by atoms with Gasteiger partial charge in [-0.05, 0) is 48.8 Å². The van der Waals surface area contributed by atoms with E-state index in [4.69, 9.17) is 15.9 Å². The smallest absolute Gasteiger partial charge is 0.223 e. The number of benzene rings is 1. The molecule has 3 rings (SSSR count). The standard InChI is InChI=1S/C19H23NO3/c1-2-11-23-16-5-3-15(4-6-16)7-10-20-18(21)17-14-19(17)8-12-22-13-9-19/h1,3-6,17H,7-14H2,(H,20,21)/t17-/m1/s1. The van der Waals surface area contributed by atoms with E-state index in [1.54, 1.807) is 0 Å². The summed E-state index contributed by atoms with van der Waals surface area (Å²) < 4.78 is 10.7. The van der Waals surface area contributed by atoms with Crippen molar-refractivity contribution in [2.75, 3.05) is 26.4 Å². The van der Waals surface area contributed by atoms with Crippen molar-refractivity contribution in [2.24, 2.45) is 11.3 Å². The van der Waals surface area contributed by atoms with Gasteiger partial charge in [0.25, 0.3) is 0 Å². The van der Waals surface area contributed by atoms with Crippen LogP contribution in [0.15, 0.2) is 24.3 Å². The van der Waals surface area contributed by atoms with Crippen LogP contribution in [0.1, 0.15) is 24.8 Å². The first kappa shape index (κ1) is 15.9. The molecular weight excluding hydrogens is 290 g/mol. The Morgan fingerprint density at radius 2 is 2.09 bits per heavy atom. The number of rotatable bonds is 6. The quantitative estimate of drug-likeness (QED) is 0.819. The predicted octanol–water partition coefficient (Wildman–Crippen LogP) is 2.17. The molecule has 1 N–H and O–H groups in total. The van der Waals surface area contributed by atoms with Gasteiger partial charge in [0.1, 0.15) is 12.4 Å². The lowest BCUT2D eigenvalue weighted by Crippen LogP contribution is -2.31. The lowest BCUT2D eigenvalue weighted by atomic mass is 9.93. The molecule has 4 heteroatoms.